The zero-order chi connectivity index (χ0) is 14.4. The molecule has 2 nitrogen and oxygen atoms in total. The van der Waals surface area contributed by atoms with E-state index in [0.717, 1.165) is 19.0 Å². The van der Waals surface area contributed by atoms with Crippen molar-refractivity contribution in [3.05, 3.63) is 29.8 Å². The molecule has 1 aliphatic rings. The molecule has 0 amide bonds. The molecule has 0 unspecified atom stereocenters. The molecule has 1 fully saturated rings. The van der Waals surface area contributed by atoms with Gasteiger partial charge >= 0.3 is 0 Å². The molecule has 112 valence electrons. The van der Waals surface area contributed by atoms with E-state index in [0.29, 0.717) is 6.10 Å². The minimum atomic E-state index is 0.488. The van der Waals surface area contributed by atoms with Crippen LogP contribution in [0.15, 0.2) is 24.3 Å². The van der Waals surface area contributed by atoms with Crippen molar-refractivity contribution in [1.29, 1.82) is 0 Å². The first-order valence-electron chi connectivity index (χ1n) is 8.16. The number of nitrogens with zero attached hydrogens (tertiary/aromatic N) is 1. The van der Waals surface area contributed by atoms with Crippen molar-refractivity contribution in [3.63, 3.8) is 0 Å². The smallest absolute Gasteiger partial charge is 0.0571 e. The van der Waals surface area contributed by atoms with Crippen LogP contribution >= 0.6 is 0 Å². The van der Waals surface area contributed by atoms with Crippen LogP contribution < -0.4 is 4.90 Å². The maximum Gasteiger partial charge on any atom is 0.0571 e. The molecule has 1 aromatic rings. The summed E-state index contributed by atoms with van der Waals surface area (Å²) in [6.45, 7) is 6.73. The lowest BCUT2D eigenvalue weighted by Gasteiger charge is -2.29. The monoisotopic (exact) mass is 275 g/mol. The van der Waals surface area contributed by atoms with Crippen LogP contribution in [0.4, 0.5) is 5.69 Å². The molecule has 2 rings (SSSR count). The summed E-state index contributed by atoms with van der Waals surface area (Å²) in [6, 6.07) is 9.20. The van der Waals surface area contributed by atoms with Crippen molar-refractivity contribution in [3.8, 4) is 0 Å². The molecule has 0 saturated heterocycles. The van der Waals surface area contributed by atoms with Crippen LogP contribution in [0.2, 0.25) is 0 Å². The predicted molar refractivity (Wildman–Crippen MR) is 86.6 cm³/mol. The summed E-state index contributed by atoms with van der Waals surface area (Å²) >= 11 is 0. The number of hydrogen-bond acceptors (Lipinski definition) is 2. The Bertz CT molecular complexity index is 396. The Hall–Kier alpha value is -1.02. The van der Waals surface area contributed by atoms with Gasteiger partial charge in [0.15, 0.2) is 0 Å². The molecule has 0 heterocycles. The van der Waals surface area contributed by atoms with Crippen molar-refractivity contribution in [2.45, 2.75) is 58.0 Å². The van der Waals surface area contributed by atoms with Crippen LogP contribution in [-0.4, -0.2) is 26.3 Å². The Kier molecular flexibility index (Phi) is 5.90. The van der Waals surface area contributed by atoms with Gasteiger partial charge in [0.1, 0.15) is 0 Å². The lowest BCUT2D eigenvalue weighted by molar-refractivity contribution is 0.0659. The number of ether oxygens (including phenoxy) is 1. The summed E-state index contributed by atoms with van der Waals surface area (Å²) in [7, 11) is 1.84. The van der Waals surface area contributed by atoms with Gasteiger partial charge in [0.25, 0.3) is 0 Å². The fourth-order valence-electron chi connectivity index (χ4n) is 3.35. The predicted octanol–water partition coefficient (Wildman–Crippen LogP) is 4.60. The lowest BCUT2D eigenvalue weighted by atomic mass is 9.82. The molecule has 20 heavy (non-hydrogen) atoms. The summed E-state index contributed by atoms with van der Waals surface area (Å²) in [5.41, 5.74) is 2.91. The van der Waals surface area contributed by atoms with Crippen LogP contribution in [0.5, 0.6) is 0 Å². The van der Waals surface area contributed by atoms with Gasteiger partial charge in [-0.05, 0) is 62.6 Å². The fraction of sp³-hybridized carbons (Fsp3) is 0.667. The normalized spacial score (nSPS) is 22.8. The van der Waals surface area contributed by atoms with Gasteiger partial charge in [-0.15, -0.1) is 0 Å². The molecule has 1 aliphatic carbocycles. The zero-order valence-corrected chi connectivity index (χ0v) is 13.3. The third-order valence-corrected chi connectivity index (χ3v) is 4.59. The van der Waals surface area contributed by atoms with Gasteiger partial charge in [0.05, 0.1) is 6.10 Å². The van der Waals surface area contributed by atoms with E-state index in [2.05, 4.69) is 43.0 Å². The van der Waals surface area contributed by atoms with Crippen LogP contribution in [0.1, 0.15) is 57.4 Å². The summed E-state index contributed by atoms with van der Waals surface area (Å²) in [5, 5.41) is 0. The van der Waals surface area contributed by atoms with Crippen LogP contribution in [-0.2, 0) is 4.74 Å². The largest absolute Gasteiger partial charge is 0.381 e. The van der Waals surface area contributed by atoms with E-state index in [9.17, 15) is 0 Å². The number of hydrogen-bond donors (Lipinski definition) is 0. The van der Waals surface area contributed by atoms with E-state index in [1.807, 2.05) is 7.11 Å². The Labute approximate surface area is 124 Å². The standard InChI is InChI=1S/C18H29NO/c1-4-13-19(5-2)17-8-6-7-16(14-17)15-9-11-18(20-3)12-10-15/h6-8,14-15,18H,4-5,9-13H2,1-3H3. The minimum Gasteiger partial charge on any atom is -0.381 e. The van der Waals surface area contributed by atoms with Crippen molar-refractivity contribution in [2.75, 3.05) is 25.1 Å². The number of anilines is 1. The van der Waals surface area contributed by atoms with E-state index in [4.69, 9.17) is 4.74 Å². The summed E-state index contributed by atoms with van der Waals surface area (Å²) in [5.74, 6) is 0.724. The van der Waals surface area contributed by atoms with E-state index < -0.39 is 0 Å². The first kappa shape index (κ1) is 15.4. The zero-order valence-electron chi connectivity index (χ0n) is 13.3. The molecule has 2 heteroatoms. The van der Waals surface area contributed by atoms with Gasteiger partial charge < -0.3 is 9.64 Å². The molecule has 0 spiro atoms. The second-order valence-electron chi connectivity index (χ2n) is 5.88. The second-order valence-corrected chi connectivity index (χ2v) is 5.88. The lowest BCUT2D eigenvalue weighted by Crippen LogP contribution is -2.24. The third-order valence-electron chi connectivity index (χ3n) is 4.59. The summed E-state index contributed by atoms with van der Waals surface area (Å²) in [6.07, 6.45) is 6.64. The highest BCUT2D eigenvalue weighted by Gasteiger charge is 2.22. The average molecular weight is 275 g/mol. The Morgan fingerprint density at radius 2 is 1.90 bits per heavy atom. The van der Waals surface area contributed by atoms with E-state index in [1.165, 1.54) is 43.4 Å². The summed E-state index contributed by atoms with van der Waals surface area (Å²) < 4.78 is 5.48. The molecule has 0 bridgehead atoms. The second kappa shape index (κ2) is 7.68. The quantitative estimate of drug-likeness (QED) is 0.752. The van der Waals surface area contributed by atoms with Gasteiger partial charge in [0.2, 0.25) is 0 Å². The van der Waals surface area contributed by atoms with Gasteiger partial charge in [-0.3, -0.25) is 0 Å². The highest BCUT2D eigenvalue weighted by molar-refractivity contribution is 5.49. The summed E-state index contributed by atoms with van der Waals surface area (Å²) in [4.78, 5) is 2.48. The van der Waals surface area contributed by atoms with E-state index >= 15 is 0 Å². The van der Waals surface area contributed by atoms with Gasteiger partial charge in [-0.2, -0.15) is 0 Å². The maximum absolute atomic E-state index is 5.48. The topological polar surface area (TPSA) is 12.5 Å². The molecule has 1 aromatic carbocycles. The minimum absolute atomic E-state index is 0.488. The molecule has 0 radical (unpaired) electrons. The highest BCUT2D eigenvalue weighted by atomic mass is 16.5. The van der Waals surface area contributed by atoms with E-state index in [1.54, 1.807) is 0 Å². The Morgan fingerprint density at radius 1 is 1.15 bits per heavy atom. The number of benzene rings is 1. The highest BCUT2D eigenvalue weighted by Crippen LogP contribution is 2.35. The molecule has 1 saturated carbocycles. The number of methoxy groups -OCH3 is 1. The third kappa shape index (κ3) is 3.76. The Balaban J connectivity index is 2.06. The first-order valence-corrected chi connectivity index (χ1v) is 8.16. The van der Waals surface area contributed by atoms with Crippen molar-refractivity contribution in [2.24, 2.45) is 0 Å². The molecule has 0 aliphatic heterocycles. The van der Waals surface area contributed by atoms with E-state index in [-0.39, 0.29) is 0 Å². The van der Waals surface area contributed by atoms with Gasteiger partial charge in [0, 0.05) is 25.9 Å². The Morgan fingerprint density at radius 3 is 2.50 bits per heavy atom. The van der Waals surface area contributed by atoms with Crippen LogP contribution in [0.3, 0.4) is 0 Å². The van der Waals surface area contributed by atoms with Gasteiger partial charge in [-0.1, -0.05) is 19.1 Å². The number of rotatable bonds is 6. The van der Waals surface area contributed by atoms with Crippen molar-refractivity contribution in [1.82, 2.24) is 0 Å². The van der Waals surface area contributed by atoms with Crippen molar-refractivity contribution >= 4 is 5.69 Å². The van der Waals surface area contributed by atoms with Crippen LogP contribution in [0, 0.1) is 0 Å². The van der Waals surface area contributed by atoms with Crippen LogP contribution in [0.25, 0.3) is 0 Å². The molecular formula is C18H29NO. The molecule has 0 N–H and O–H groups in total. The fourth-order valence-corrected chi connectivity index (χ4v) is 3.35. The molecular weight excluding hydrogens is 246 g/mol. The SMILES string of the molecule is CCCN(CC)c1cccc(C2CCC(OC)CC2)c1. The van der Waals surface area contributed by atoms with Gasteiger partial charge in [-0.25, -0.2) is 0 Å². The molecule has 0 atom stereocenters. The van der Waals surface area contributed by atoms with Crippen molar-refractivity contribution < 1.29 is 4.74 Å². The first-order chi connectivity index (χ1) is 9.78. The average Bonchev–Trinajstić information content (AvgIpc) is 2.53. The molecule has 0 aromatic heterocycles. The maximum atomic E-state index is 5.48.